The maximum atomic E-state index is 11.7. The number of aliphatic hydroxyl groups excluding tert-OH is 1. The van der Waals surface area contributed by atoms with Gasteiger partial charge in [0.1, 0.15) is 11.5 Å². The molecule has 0 saturated heterocycles. The van der Waals surface area contributed by atoms with Crippen molar-refractivity contribution in [1.29, 1.82) is 0 Å². The highest BCUT2D eigenvalue weighted by molar-refractivity contribution is 5.89. The third-order valence-electron chi connectivity index (χ3n) is 3.17. The number of nitrogens with one attached hydrogen (secondary N) is 2. The van der Waals surface area contributed by atoms with Gasteiger partial charge in [0.25, 0.3) is 0 Å². The van der Waals surface area contributed by atoms with Gasteiger partial charge in [0.2, 0.25) is 0 Å². The molecule has 0 bridgehead atoms. The number of hydrogen-bond acceptors (Lipinski definition) is 3. The molecular formula is C16H20N2O3. The molecule has 2 rings (SSSR count). The van der Waals surface area contributed by atoms with Crippen LogP contribution < -0.4 is 10.6 Å². The highest BCUT2D eigenvalue weighted by Crippen LogP contribution is 2.23. The highest BCUT2D eigenvalue weighted by Gasteiger charge is 2.14. The van der Waals surface area contributed by atoms with Crippen molar-refractivity contribution in [2.75, 3.05) is 11.9 Å². The van der Waals surface area contributed by atoms with E-state index in [0.717, 1.165) is 17.0 Å². The second-order valence-corrected chi connectivity index (χ2v) is 4.92. The Labute approximate surface area is 124 Å². The molecule has 1 atom stereocenters. The van der Waals surface area contributed by atoms with Crippen LogP contribution in [0.2, 0.25) is 0 Å². The monoisotopic (exact) mass is 288 g/mol. The number of rotatable bonds is 5. The molecule has 3 N–H and O–H groups in total. The van der Waals surface area contributed by atoms with E-state index in [1.807, 2.05) is 50.2 Å². The number of hydrogen-bond donors (Lipinski definition) is 3. The van der Waals surface area contributed by atoms with Crippen molar-refractivity contribution in [3.05, 3.63) is 53.5 Å². The molecule has 2 amide bonds. The van der Waals surface area contributed by atoms with Crippen molar-refractivity contribution in [3.8, 4) is 0 Å². The lowest BCUT2D eigenvalue weighted by Crippen LogP contribution is -2.30. The average Bonchev–Trinajstić information content (AvgIpc) is 2.79. The van der Waals surface area contributed by atoms with Crippen LogP contribution in [0.15, 0.2) is 40.8 Å². The fraction of sp³-hybridized carbons (Fsp3) is 0.312. The van der Waals surface area contributed by atoms with E-state index in [-0.39, 0.29) is 6.03 Å². The maximum Gasteiger partial charge on any atom is 0.319 e. The Hall–Kier alpha value is -2.27. The van der Waals surface area contributed by atoms with Gasteiger partial charge >= 0.3 is 6.03 Å². The second-order valence-electron chi connectivity index (χ2n) is 4.92. The van der Waals surface area contributed by atoms with Crippen LogP contribution in [0, 0.1) is 13.8 Å². The maximum absolute atomic E-state index is 11.7. The quantitative estimate of drug-likeness (QED) is 0.791. The van der Waals surface area contributed by atoms with E-state index in [9.17, 15) is 9.90 Å². The van der Waals surface area contributed by atoms with Crippen LogP contribution in [0.1, 0.15) is 29.6 Å². The molecule has 0 aliphatic rings. The fourth-order valence-electron chi connectivity index (χ4n) is 2.16. The molecule has 1 aromatic heterocycles. The zero-order valence-corrected chi connectivity index (χ0v) is 12.2. The van der Waals surface area contributed by atoms with Crippen molar-refractivity contribution in [3.63, 3.8) is 0 Å². The van der Waals surface area contributed by atoms with E-state index < -0.39 is 6.10 Å². The van der Waals surface area contributed by atoms with E-state index in [0.29, 0.717) is 18.7 Å². The number of furan rings is 1. The SMILES string of the molecule is Cc1cc([C@H](O)CCNC(=O)Nc2ccccc2)c(C)o1. The first-order valence-corrected chi connectivity index (χ1v) is 6.91. The van der Waals surface area contributed by atoms with Gasteiger partial charge in [0.15, 0.2) is 0 Å². The number of urea groups is 1. The smallest absolute Gasteiger partial charge is 0.319 e. The normalized spacial score (nSPS) is 12.0. The standard InChI is InChI=1S/C16H20N2O3/c1-11-10-14(12(2)21-11)15(19)8-9-17-16(20)18-13-6-4-3-5-7-13/h3-7,10,15,19H,8-9H2,1-2H3,(H2,17,18,20)/t15-/m1/s1. The summed E-state index contributed by atoms with van der Waals surface area (Å²) in [6.07, 6.45) is -0.207. The van der Waals surface area contributed by atoms with Gasteiger partial charge in [0, 0.05) is 17.8 Å². The van der Waals surface area contributed by atoms with Gasteiger partial charge in [0.05, 0.1) is 6.10 Å². The van der Waals surface area contributed by atoms with E-state index in [1.54, 1.807) is 0 Å². The number of para-hydroxylation sites is 1. The predicted molar refractivity (Wildman–Crippen MR) is 81.2 cm³/mol. The molecule has 5 nitrogen and oxygen atoms in total. The van der Waals surface area contributed by atoms with Crippen LogP contribution >= 0.6 is 0 Å². The summed E-state index contributed by atoms with van der Waals surface area (Å²) in [5, 5.41) is 15.5. The van der Waals surface area contributed by atoms with Gasteiger partial charge in [-0.05, 0) is 38.5 Å². The Morgan fingerprint density at radius 3 is 2.62 bits per heavy atom. The van der Waals surface area contributed by atoms with Crippen molar-refractivity contribution in [2.24, 2.45) is 0 Å². The van der Waals surface area contributed by atoms with Gasteiger partial charge in [-0.25, -0.2) is 4.79 Å². The molecule has 0 spiro atoms. The molecule has 21 heavy (non-hydrogen) atoms. The third-order valence-corrected chi connectivity index (χ3v) is 3.17. The lowest BCUT2D eigenvalue weighted by molar-refractivity contribution is 0.165. The van der Waals surface area contributed by atoms with Crippen molar-refractivity contribution >= 4 is 11.7 Å². The number of aryl methyl sites for hydroxylation is 2. The molecule has 0 saturated carbocycles. The molecule has 1 aromatic carbocycles. The van der Waals surface area contributed by atoms with Crippen LogP contribution in [0.4, 0.5) is 10.5 Å². The first-order chi connectivity index (χ1) is 10.1. The highest BCUT2D eigenvalue weighted by atomic mass is 16.3. The molecular weight excluding hydrogens is 268 g/mol. The lowest BCUT2D eigenvalue weighted by Gasteiger charge is -2.11. The molecule has 0 radical (unpaired) electrons. The summed E-state index contributed by atoms with van der Waals surface area (Å²) in [5.41, 5.74) is 1.51. The Morgan fingerprint density at radius 2 is 2.00 bits per heavy atom. The van der Waals surface area contributed by atoms with Crippen LogP contribution in [-0.4, -0.2) is 17.7 Å². The lowest BCUT2D eigenvalue weighted by atomic mass is 10.1. The summed E-state index contributed by atoms with van der Waals surface area (Å²) in [6.45, 7) is 4.04. The number of amides is 2. The minimum Gasteiger partial charge on any atom is -0.466 e. The molecule has 2 aromatic rings. The zero-order valence-electron chi connectivity index (χ0n) is 12.2. The summed E-state index contributed by atoms with van der Waals surface area (Å²) in [7, 11) is 0. The topological polar surface area (TPSA) is 74.5 Å². The zero-order chi connectivity index (χ0) is 15.2. The largest absolute Gasteiger partial charge is 0.466 e. The molecule has 0 aliphatic carbocycles. The summed E-state index contributed by atoms with van der Waals surface area (Å²) < 4.78 is 5.38. The molecule has 0 unspecified atom stereocenters. The van der Waals surface area contributed by atoms with Crippen molar-refractivity contribution < 1.29 is 14.3 Å². The van der Waals surface area contributed by atoms with Crippen LogP contribution in [0.25, 0.3) is 0 Å². The number of carbonyl (C=O) groups excluding carboxylic acids is 1. The second kappa shape index (κ2) is 6.95. The number of anilines is 1. The van der Waals surface area contributed by atoms with Gasteiger partial charge in [-0.2, -0.15) is 0 Å². The number of aliphatic hydroxyl groups is 1. The number of benzene rings is 1. The Kier molecular flexibility index (Phi) is 5.00. The van der Waals surface area contributed by atoms with E-state index in [1.165, 1.54) is 0 Å². The minimum absolute atomic E-state index is 0.284. The average molecular weight is 288 g/mol. The van der Waals surface area contributed by atoms with Gasteiger partial charge in [-0.3, -0.25) is 0 Å². The van der Waals surface area contributed by atoms with Crippen LogP contribution in [0.5, 0.6) is 0 Å². The molecule has 0 fully saturated rings. The summed E-state index contributed by atoms with van der Waals surface area (Å²) in [4.78, 5) is 11.7. The predicted octanol–water partition coefficient (Wildman–Crippen LogP) is 3.14. The summed E-state index contributed by atoms with van der Waals surface area (Å²) >= 11 is 0. The van der Waals surface area contributed by atoms with Crippen molar-refractivity contribution in [2.45, 2.75) is 26.4 Å². The number of carbonyl (C=O) groups is 1. The van der Waals surface area contributed by atoms with E-state index in [4.69, 9.17) is 4.42 Å². The molecule has 112 valence electrons. The fourth-order valence-corrected chi connectivity index (χ4v) is 2.16. The molecule has 5 heteroatoms. The van der Waals surface area contributed by atoms with Gasteiger partial charge in [-0.1, -0.05) is 18.2 Å². The first-order valence-electron chi connectivity index (χ1n) is 6.91. The van der Waals surface area contributed by atoms with Gasteiger partial charge in [-0.15, -0.1) is 0 Å². The van der Waals surface area contributed by atoms with E-state index in [2.05, 4.69) is 10.6 Å². The Morgan fingerprint density at radius 1 is 1.29 bits per heavy atom. The van der Waals surface area contributed by atoms with Crippen LogP contribution in [0.3, 0.4) is 0 Å². The molecule has 0 aliphatic heterocycles. The molecule has 1 heterocycles. The van der Waals surface area contributed by atoms with E-state index >= 15 is 0 Å². The third kappa shape index (κ3) is 4.36. The summed E-state index contributed by atoms with van der Waals surface area (Å²) in [6, 6.07) is 10.7. The van der Waals surface area contributed by atoms with Crippen LogP contribution in [-0.2, 0) is 0 Å². The summed E-state index contributed by atoms with van der Waals surface area (Å²) in [5.74, 6) is 1.49. The van der Waals surface area contributed by atoms with Crippen molar-refractivity contribution in [1.82, 2.24) is 5.32 Å². The minimum atomic E-state index is -0.639. The Bertz CT molecular complexity index is 593. The van der Waals surface area contributed by atoms with Gasteiger partial charge < -0.3 is 20.2 Å². The Balaban J connectivity index is 1.76. The first kappa shape index (κ1) is 15.1.